The quantitative estimate of drug-likeness (QED) is 0.134. The van der Waals surface area contributed by atoms with Crippen LogP contribution in [0.3, 0.4) is 0 Å². The second kappa shape index (κ2) is 14.1. The maximum absolute atomic E-state index is 13.4. The second-order valence-electron chi connectivity index (χ2n) is 14.3. The Kier molecular flexibility index (Phi) is 10.9. The molecular weight excluding hydrogens is 856 g/mol. The van der Waals surface area contributed by atoms with E-state index in [1.165, 1.54) is 61.3 Å². The molecule has 4 aromatic carbocycles. The summed E-state index contributed by atoms with van der Waals surface area (Å²) in [6, 6.07) is 23.8. The van der Waals surface area contributed by atoms with Crippen molar-refractivity contribution in [3.63, 3.8) is 0 Å². The van der Waals surface area contributed by atoms with Gasteiger partial charge >= 0.3 is 284 Å². The summed E-state index contributed by atoms with van der Waals surface area (Å²) < 4.78 is 83.5. The van der Waals surface area contributed by atoms with Gasteiger partial charge in [0.2, 0.25) is 0 Å². The number of alkyl halides is 6. The zero-order chi connectivity index (χ0) is 34.2. The largest absolute Gasteiger partial charge is 0.147 e. The molecule has 0 aromatic heterocycles. The van der Waals surface area contributed by atoms with E-state index in [1.807, 2.05) is 12.1 Å². The summed E-state index contributed by atoms with van der Waals surface area (Å²) in [5, 5.41) is 0. The van der Waals surface area contributed by atoms with Crippen LogP contribution in [0.2, 0.25) is 8.35 Å². The third-order valence-corrected chi connectivity index (χ3v) is 33.1. The van der Waals surface area contributed by atoms with Crippen LogP contribution >= 0.6 is 24.8 Å². The van der Waals surface area contributed by atoms with Crippen molar-refractivity contribution in [2.75, 3.05) is 0 Å². The first kappa shape index (κ1) is 38.6. The average molecular weight is 896 g/mol. The van der Waals surface area contributed by atoms with Crippen LogP contribution in [0.4, 0.5) is 26.3 Å². The smallest absolute Gasteiger partial charge is 0.147 e. The molecule has 0 saturated carbocycles. The Labute approximate surface area is 307 Å². The SMILES string of the molecule is CC(C)C1=Cc2c(-c3ccc(C(F)(F)F)cc3)cccc2[CH]1[Hf]1([CH]2C(C(C)C)=Cc3c(-c4ccc(C(F)(F)F)cc4)cccc32)[CH2]C[CH2]1.Cl.Cl. The first-order chi connectivity index (χ1) is 22.7. The van der Waals surface area contributed by atoms with E-state index in [1.54, 1.807) is 24.3 Å². The fourth-order valence-corrected chi connectivity index (χ4v) is 32.2. The summed E-state index contributed by atoms with van der Waals surface area (Å²) in [5.74, 6) is 0.623. The zero-order valence-corrected chi connectivity index (χ0v) is 33.5. The van der Waals surface area contributed by atoms with E-state index in [0.29, 0.717) is 19.2 Å². The molecule has 1 aliphatic heterocycles. The summed E-state index contributed by atoms with van der Waals surface area (Å²) in [6.45, 7) is 9.03. The van der Waals surface area contributed by atoms with Gasteiger partial charge in [-0.25, -0.2) is 0 Å². The average Bonchev–Trinajstić information content (AvgIpc) is 3.61. The molecule has 0 N–H and O–H groups in total. The third-order valence-electron chi connectivity index (χ3n) is 11.0. The summed E-state index contributed by atoms with van der Waals surface area (Å²) in [7, 11) is 0. The van der Waals surface area contributed by atoms with Crippen molar-refractivity contribution in [1.82, 2.24) is 0 Å². The topological polar surface area (TPSA) is 0 Å². The van der Waals surface area contributed by atoms with Crippen LogP contribution in [0.5, 0.6) is 0 Å². The minimum atomic E-state index is -4.38. The number of fused-ring (bicyclic) bond motifs is 2. The van der Waals surface area contributed by atoms with Crippen LogP contribution in [-0.4, -0.2) is 0 Å². The third kappa shape index (κ3) is 6.49. The Morgan fingerprint density at radius 3 is 1.18 bits per heavy atom. The van der Waals surface area contributed by atoms with Crippen LogP contribution in [0, 0.1) is 11.8 Å². The molecule has 1 saturated heterocycles. The molecule has 0 nitrogen and oxygen atoms in total. The van der Waals surface area contributed by atoms with Crippen LogP contribution < -0.4 is 0 Å². The van der Waals surface area contributed by atoms with Gasteiger partial charge in [0.25, 0.3) is 0 Å². The van der Waals surface area contributed by atoms with E-state index in [9.17, 15) is 26.3 Å². The standard InChI is InChI=1S/2C19H16F3.C3H6.2ClH.Hf/c2*1-12(2)15-10-14-4-3-5-17(18(14)11-15)13-6-8-16(9-7-13)19(20,21)22;1-3-2;;;/h2*3-12H,1-2H3;1-3H2;2*1H;. The molecule has 0 amide bonds. The van der Waals surface area contributed by atoms with Gasteiger partial charge in [-0.15, -0.1) is 24.8 Å². The van der Waals surface area contributed by atoms with E-state index in [0.717, 1.165) is 33.4 Å². The first-order valence-corrected chi connectivity index (χ1v) is 26.0. The number of hydrogen-bond donors (Lipinski definition) is 0. The van der Waals surface area contributed by atoms with Crippen molar-refractivity contribution in [2.24, 2.45) is 11.8 Å². The summed E-state index contributed by atoms with van der Waals surface area (Å²) in [5.41, 5.74) is 10.1. The van der Waals surface area contributed by atoms with E-state index < -0.39 is 43.4 Å². The number of halogens is 8. The van der Waals surface area contributed by atoms with E-state index in [-0.39, 0.29) is 24.8 Å². The Hall–Kier alpha value is -2.61. The predicted molar refractivity (Wildman–Crippen MR) is 194 cm³/mol. The van der Waals surface area contributed by atoms with Gasteiger partial charge in [-0.05, 0) is 0 Å². The van der Waals surface area contributed by atoms with Gasteiger partial charge in [0.1, 0.15) is 0 Å². The molecule has 2 unspecified atom stereocenters. The molecule has 1 heterocycles. The molecule has 2 atom stereocenters. The van der Waals surface area contributed by atoms with Crippen LogP contribution in [0.25, 0.3) is 34.4 Å². The molecule has 0 radical (unpaired) electrons. The monoisotopic (exact) mass is 896 g/mol. The van der Waals surface area contributed by atoms with Gasteiger partial charge in [0.15, 0.2) is 0 Å². The van der Waals surface area contributed by atoms with Crippen LogP contribution in [-0.2, 0) is 32.3 Å². The van der Waals surface area contributed by atoms with Crippen molar-refractivity contribution in [3.8, 4) is 22.3 Å². The molecular formula is C41H40Cl2F6Hf. The van der Waals surface area contributed by atoms with Gasteiger partial charge < -0.3 is 0 Å². The molecule has 9 heteroatoms. The number of rotatable bonds is 6. The number of benzene rings is 4. The Balaban J connectivity index is 0.00000243. The van der Waals surface area contributed by atoms with Crippen LogP contribution in [0.15, 0.2) is 96.1 Å². The van der Waals surface area contributed by atoms with Gasteiger partial charge in [-0.2, -0.15) is 0 Å². The zero-order valence-electron chi connectivity index (χ0n) is 28.3. The molecule has 4 aromatic rings. The Morgan fingerprint density at radius 2 is 0.900 bits per heavy atom. The maximum atomic E-state index is 13.4. The molecule has 50 heavy (non-hydrogen) atoms. The Morgan fingerprint density at radius 1 is 0.540 bits per heavy atom. The molecule has 264 valence electrons. The van der Waals surface area contributed by atoms with Crippen molar-refractivity contribution >= 4 is 37.0 Å². The molecule has 0 bridgehead atoms. The fourth-order valence-electron chi connectivity index (χ4n) is 8.64. The molecule has 0 spiro atoms. The summed E-state index contributed by atoms with van der Waals surface area (Å²) in [4.78, 5) is 0. The van der Waals surface area contributed by atoms with Crippen molar-refractivity contribution in [1.29, 1.82) is 0 Å². The Bertz CT molecular complexity index is 1800. The molecule has 3 aliphatic rings. The summed E-state index contributed by atoms with van der Waals surface area (Å²) in [6.07, 6.45) is -2.86. The number of hydrogen-bond acceptors (Lipinski definition) is 0. The van der Waals surface area contributed by atoms with E-state index >= 15 is 0 Å². The maximum Gasteiger partial charge on any atom is -0.147 e. The molecule has 1 fully saturated rings. The minimum Gasteiger partial charge on any atom is -0.147 e. The van der Waals surface area contributed by atoms with Crippen LogP contribution in [0.1, 0.15) is 74.8 Å². The van der Waals surface area contributed by atoms with Crippen molar-refractivity contribution in [2.45, 2.75) is 62.2 Å². The van der Waals surface area contributed by atoms with Gasteiger partial charge in [0.05, 0.1) is 0 Å². The predicted octanol–water partition coefficient (Wildman–Crippen LogP) is 14.2. The summed E-state index contributed by atoms with van der Waals surface area (Å²) >= 11 is -3.42. The van der Waals surface area contributed by atoms with Gasteiger partial charge in [-0.1, -0.05) is 0 Å². The minimum absolute atomic E-state index is 0. The van der Waals surface area contributed by atoms with E-state index in [2.05, 4.69) is 64.1 Å². The van der Waals surface area contributed by atoms with Gasteiger partial charge in [0, 0.05) is 0 Å². The van der Waals surface area contributed by atoms with Crippen molar-refractivity contribution in [3.05, 3.63) is 129 Å². The number of allylic oxidation sites excluding steroid dienone is 2. The van der Waals surface area contributed by atoms with Crippen molar-refractivity contribution < 1.29 is 46.3 Å². The van der Waals surface area contributed by atoms with Gasteiger partial charge in [-0.3, -0.25) is 0 Å². The molecule has 7 rings (SSSR count). The van der Waals surface area contributed by atoms with E-state index in [4.69, 9.17) is 0 Å². The normalized spacial score (nSPS) is 19.2. The fraction of sp³-hybridized carbons (Fsp3) is 0.317. The first-order valence-electron chi connectivity index (χ1n) is 16.7. The molecule has 2 aliphatic carbocycles. The second-order valence-corrected chi connectivity index (χ2v) is 30.9.